The van der Waals surface area contributed by atoms with Gasteiger partial charge < -0.3 is 10.2 Å². The summed E-state index contributed by atoms with van der Waals surface area (Å²) in [6.45, 7) is 1.55. The zero-order valence-corrected chi connectivity index (χ0v) is 9.26. The Balaban J connectivity index is 2.45. The third-order valence-electron chi connectivity index (χ3n) is 2.70. The molecule has 1 heterocycles. The lowest BCUT2D eigenvalue weighted by Gasteiger charge is -2.24. The number of aromatic nitrogens is 1. The second-order valence-corrected chi connectivity index (χ2v) is 4.01. The Labute approximate surface area is 98.2 Å². The molecule has 1 aromatic heterocycles. The highest BCUT2D eigenvalue weighted by atomic mass is 19.1. The summed E-state index contributed by atoms with van der Waals surface area (Å²) < 4.78 is 13.1. The summed E-state index contributed by atoms with van der Waals surface area (Å²) in [4.78, 5) is 3.71. The van der Waals surface area contributed by atoms with Crippen LogP contribution in [0.3, 0.4) is 0 Å². The lowest BCUT2D eigenvalue weighted by atomic mass is 9.89. The van der Waals surface area contributed by atoms with Crippen LogP contribution in [-0.4, -0.2) is 15.2 Å². The average Bonchev–Trinajstić information content (AvgIpc) is 2.29. The molecule has 17 heavy (non-hydrogen) atoms. The van der Waals surface area contributed by atoms with Gasteiger partial charge in [0.05, 0.1) is 6.20 Å². The van der Waals surface area contributed by atoms with E-state index in [1.165, 1.54) is 24.4 Å². The van der Waals surface area contributed by atoms with Crippen LogP contribution in [0.1, 0.15) is 18.1 Å². The molecular formula is C13H12FNO2. The molecular weight excluding hydrogens is 221 g/mol. The molecule has 1 aromatic carbocycles. The summed E-state index contributed by atoms with van der Waals surface area (Å²) in [5.41, 5.74) is -0.422. The normalized spacial score (nSPS) is 14.3. The summed E-state index contributed by atoms with van der Waals surface area (Å²) >= 11 is 0. The van der Waals surface area contributed by atoms with Crippen LogP contribution in [0.25, 0.3) is 0 Å². The molecule has 4 heteroatoms. The van der Waals surface area contributed by atoms with E-state index in [9.17, 15) is 14.6 Å². The van der Waals surface area contributed by atoms with Crippen molar-refractivity contribution in [2.75, 3.05) is 0 Å². The Hall–Kier alpha value is -1.94. The van der Waals surface area contributed by atoms with Gasteiger partial charge in [0.25, 0.3) is 0 Å². The van der Waals surface area contributed by atoms with Crippen molar-refractivity contribution in [1.82, 2.24) is 4.98 Å². The van der Waals surface area contributed by atoms with Crippen LogP contribution in [0, 0.1) is 5.82 Å². The van der Waals surface area contributed by atoms with Crippen molar-refractivity contribution in [3.8, 4) is 5.75 Å². The first kappa shape index (κ1) is 11.5. The van der Waals surface area contributed by atoms with Gasteiger partial charge in [0, 0.05) is 11.8 Å². The van der Waals surface area contributed by atoms with Crippen LogP contribution in [0.4, 0.5) is 4.39 Å². The van der Waals surface area contributed by atoms with Crippen molar-refractivity contribution < 1.29 is 14.6 Å². The van der Waals surface area contributed by atoms with E-state index in [4.69, 9.17) is 0 Å². The topological polar surface area (TPSA) is 53.4 Å². The second-order valence-electron chi connectivity index (χ2n) is 4.01. The van der Waals surface area contributed by atoms with Gasteiger partial charge >= 0.3 is 0 Å². The predicted octanol–water partition coefficient (Wildman–Crippen LogP) is 2.18. The number of nitrogens with zero attached hydrogens (tertiary/aromatic N) is 1. The first-order valence-corrected chi connectivity index (χ1v) is 5.13. The minimum atomic E-state index is -1.34. The van der Waals surface area contributed by atoms with Crippen molar-refractivity contribution in [2.45, 2.75) is 12.5 Å². The molecule has 0 radical (unpaired) electrons. The lowest BCUT2D eigenvalue weighted by molar-refractivity contribution is 0.101. The average molecular weight is 233 g/mol. The number of rotatable bonds is 2. The molecule has 88 valence electrons. The van der Waals surface area contributed by atoms with Gasteiger partial charge in [-0.05, 0) is 30.7 Å². The standard InChI is InChI=1S/C13H12FNO2/c1-13(17,9-2-4-12(16)5-3-9)10-6-11(14)8-15-7-10/h2-8,16-17H,1H3. The van der Waals surface area contributed by atoms with Crippen LogP contribution in [-0.2, 0) is 5.60 Å². The van der Waals surface area contributed by atoms with Gasteiger partial charge in [0.2, 0.25) is 0 Å². The van der Waals surface area contributed by atoms with Crippen LogP contribution in [0.5, 0.6) is 5.75 Å². The van der Waals surface area contributed by atoms with Crippen LogP contribution in [0.15, 0.2) is 42.7 Å². The first-order valence-electron chi connectivity index (χ1n) is 5.13. The van der Waals surface area contributed by atoms with Crippen LogP contribution >= 0.6 is 0 Å². The maximum atomic E-state index is 13.1. The van der Waals surface area contributed by atoms with E-state index in [-0.39, 0.29) is 5.75 Å². The van der Waals surface area contributed by atoms with Crippen molar-refractivity contribution in [3.05, 3.63) is 59.7 Å². The summed E-state index contributed by atoms with van der Waals surface area (Å²) in [6, 6.07) is 7.34. The molecule has 2 N–H and O–H groups in total. The summed E-state index contributed by atoms with van der Waals surface area (Å²) in [5, 5.41) is 19.6. The SMILES string of the molecule is CC(O)(c1ccc(O)cc1)c1cncc(F)c1. The number of benzene rings is 1. The van der Waals surface area contributed by atoms with E-state index in [2.05, 4.69) is 4.98 Å². The molecule has 0 amide bonds. The monoisotopic (exact) mass is 233 g/mol. The van der Waals surface area contributed by atoms with E-state index in [0.717, 1.165) is 6.20 Å². The van der Waals surface area contributed by atoms with E-state index in [0.29, 0.717) is 11.1 Å². The number of halogens is 1. The molecule has 1 atom stereocenters. The lowest BCUT2D eigenvalue weighted by Crippen LogP contribution is -2.23. The first-order chi connectivity index (χ1) is 8.00. The number of aromatic hydroxyl groups is 1. The number of phenols is 1. The number of hydrogen-bond acceptors (Lipinski definition) is 3. The minimum Gasteiger partial charge on any atom is -0.508 e. The van der Waals surface area contributed by atoms with Gasteiger partial charge in [-0.1, -0.05) is 12.1 Å². The molecule has 0 bridgehead atoms. The highest BCUT2D eigenvalue weighted by Gasteiger charge is 2.26. The predicted molar refractivity (Wildman–Crippen MR) is 61.0 cm³/mol. The Bertz CT molecular complexity index is 523. The highest BCUT2D eigenvalue weighted by molar-refractivity contribution is 5.36. The highest BCUT2D eigenvalue weighted by Crippen LogP contribution is 2.29. The summed E-state index contributed by atoms with van der Waals surface area (Å²) in [6.07, 6.45) is 2.49. The molecule has 1 unspecified atom stereocenters. The quantitative estimate of drug-likeness (QED) is 0.835. The zero-order chi connectivity index (χ0) is 12.5. The summed E-state index contributed by atoms with van der Waals surface area (Å²) in [5.74, 6) is -0.386. The minimum absolute atomic E-state index is 0.113. The Kier molecular flexibility index (Phi) is 2.81. The third-order valence-corrected chi connectivity index (χ3v) is 2.70. The second kappa shape index (κ2) is 4.14. The van der Waals surface area contributed by atoms with Crippen LogP contribution < -0.4 is 0 Å². The Morgan fingerprint density at radius 1 is 1.12 bits per heavy atom. The molecule has 0 aliphatic heterocycles. The smallest absolute Gasteiger partial charge is 0.141 e. The molecule has 2 aromatic rings. The van der Waals surface area contributed by atoms with Crippen molar-refractivity contribution in [3.63, 3.8) is 0 Å². The van der Waals surface area contributed by atoms with E-state index in [1.807, 2.05) is 0 Å². The molecule has 0 saturated carbocycles. The Morgan fingerprint density at radius 2 is 1.76 bits per heavy atom. The fraction of sp³-hybridized carbons (Fsp3) is 0.154. The van der Waals surface area contributed by atoms with Gasteiger partial charge in [-0.15, -0.1) is 0 Å². The van der Waals surface area contributed by atoms with E-state index >= 15 is 0 Å². The maximum absolute atomic E-state index is 13.1. The van der Waals surface area contributed by atoms with Crippen LogP contribution in [0.2, 0.25) is 0 Å². The number of aliphatic hydroxyl groups is 1. The fourth-order valence-corrected chi connectivity index (χ4v) is 1.63. The number of hydrogen-bond donors (Lipinski definition) is 2. The van der Waals surface area contributed by atoms with Crippen molar-refractivity contribution in [1.29, 1.82) is 0 Å². The van der Waals surface area contributed by atoms with Crippen molar-refractivity contribution in [2.24, 2.45) is 0 Å². The fourth-order valence-electron chi connectivity index (χ4n) is 1.63. The summed E-state index contributed by atoms with van der Waals surface area (Å²) in [7, 11) is 0. The Morgan fingerprint density at radius 3 is 2.35 bits per heavy atom. The van der Waals surface area contributed by atoms with E-state index < -0.39 is 11.4 Å². The van der Waals surface area contributed by atoms with Gasteiger partial charge in [-0.3, -0.25) is 4.98 Å². The molecule has 0 aliphatic rings. The van der Waals surface area contributed by atoms with Crippen molar-refractivity contribution >= 4 is 0 Å². The van der Waals surface area contributed by atoms with Gasteiger partial charge in [0.15, 0.2) is 0 Å². The number of phenolic OH excluding ortho intramolecular Hbond substituents is 1. The molecule has 0 saturated heterocycles. The van der Waals surface area contributed by atoms with Gasteiger partial charge in [-0.25, -0.2) is 4.39 Å². The molecule has 2 rings (SSSR count). The van der Waals surface area contributed by atoms with Gasteiger partial charge in [0.1, 0.15) is 17.2 Å². The van der Waals surface area contributed by atoms with Gasteiger partial charge in [-0.2, -0.15) is 0 Å². The van der Waals surface area contributed by atoms with E-state index in [1.54, 1.807) is 19.1 Å². The largest absolute Gasteiger partial charge is 0.508 e. The molecule has 3 nitrogen and oxygen atoms in total. The molecule has 0 spiro atoms. The molecule has 0 fully saturated rings. The number of pyridine rings is 1. The zero-order valence-electron chi connectivity index (χ0n) is 9.26. The third kappa shape index (κ3) is 2.26. The maximum Gasteiger partial charge on any atom is 0.141 e. The molecule has 0 aliphatic carbocycles.